The van der Waals surface area contributed by atoms with Crippen LogP contribution in [0.1, 0.15) is 27.2 Å². The predicted octanol–water partition coefficient (Wildman–Crippen LogP) is -0.702. The maximum Gasteiger partial charge on any atom is 0.362 e. The highest BCUT2D eigenvalue weighted by molar-refractivity contribution is 6.06. The van der Waals surface area contributed by atoms with Crippen LogP contribution in [0.3, 0.4) is 0 Å². The number of hydrogen-bond donors (Lipinski definition) is 2. The van der Waals surface area contributed by atoms with Gasteiger partial charge in [-0.15, -0.1) is 0 Å². The molecule has 0 spiro atoms. The third kappa shape index (κ3) is 5.10. The number of aliphatic imine (C=N–C) groups is 1. The standard InChI is InChI=1S/C15H21N3O8/c1-4-9-12(14(21)23-5-10(19)25-16)7(2)18-8(3)13(9)15(22)24-6-11(20)26-17/h9,12H,4-6,16-17H2,1-3H3. The highest BCUT2D eigenvalue weighted by atomic mass is 16.7. The second-order valence-corrected chi connectivity index (χ2v) is 5.41. The zero-order valence-corrected chi connectivity index (χ0v) is 14.6. The van der Waals surface area contributed by atoms with Crippen LogP contribution in [0.2, 0.25) is 0 Å². The van der Waals surface area contributed by atoms with Gasteiger partial charge in [-0.05, 0) is 20.3 Å². The van der Waals surface area contributed by atoms with Gasteiger partial charge >= 0.3 is 23.9 Å². The van der Waals surface area contributed by atoms with E-state index in [1.165, 1.54) is 0 Å². The molecule has 0 radical (unpaired) electrons. The lowest BCUT2D eigenvalue weighted by molar-refractivity contribution is -0.161. The van der Waals surface area contributed by atoms with Crippen LogP contribution in [0.25, 0.3) is 0 Å². The monoisotopic (exact) mass is 371 g/mol. The molecule has 26 heavy (non-hydrogen) atoms. The van der Waals surface area contributed by atoms with Crippen molar-refractivity contribution in [3.8, 4) is 0 Å². The molecule has 0 bridgehead atoms. The Balaban J connectivity index is 3.02. The van der Waals surface area contributed by atoms with Gasteiger partial charge in [0.1, 0.15) is 5.92 Å². The lowest BCUT2D eigenvalue weighted by Crippen LogP contribution is -2.38. The zero-order valence-electron chi connectivity index (χ0n) is 14.6. The summed E-state index contributed by atoms with van der Waals surface area (Å²) in [6.07, 6.45) is 0.372. The topological polar surface area (TPSA) is 170 Å². The summed E-state index contributed by atoms with van der Waals surface area (Å²) in [6.45, 7) is 3.60. The summed E-state index contributed by atoms with van der Waals surface area (Å²) in [5.74, 6) is 4.40. The van der Waals surface area contributed by atoms with Gasteiger partial charge in [0.15, 0.2) is 13.2 Å². The number of ether oxygens (including phenoxy) is 2. The van der Waals surface area contributed by atoms with Crippen molar-refractivity contribution in [1.82, 2.24) is 0 Å². The maximum absolute atomic E-state index is 12.4. The summed E-state index contributed by atoms with van der Waals surface area (Å²) in [5, 5.41) is 0. The lowest BCUT2D eigenvalue weighted by Gasteiger charge is -2.30. The van der Waals surface area contributed by atoms with Crippen LogP contribution in [0.4, 0.5) is 0 Å². The molecule has 11 nitrogen and oxygen atoms in total. The van der Waals surface area contributed by atoms with Gasteiger partial charge in [0, 0.05) is 17.3 Å². The van der Waals surface area contributed by atoms with Crippen molar-refractivity contribution in [2.24, 2.45) is 28.6 Å². The summed E-state index contributed by atoms with van der Waals surface area (Å²) in [5.41, 5.74) is 0.899. The van der Waals surface area contributed by atoms with Gasteiger partial charge in [-0.25, -0.2) is 14.4 Å². The first-order chi connectivity index (χ1) is 12.3. The van der Waals surface area contributed by atoms with Gasteiger partial charge in [0.2, 0.25) is 0 Å². The van der Waals surface area contributed by atoms with Crippen molar-refractivity contribution in [1.29, 1.82) is 0 Å². The number of allylic oxidation sites excluding steroid dienone is 1. The van der Waals surface area contributed by atoms with E-state index in [4.69, 9.17) is 9.47 Å². The molecule has 4 N–H and O–H groups in total. The van der Waals surface area contributed by atoms with E-state index in [0.29, 0.717) is 17.8 Å². The minimum absolute atomic E-state index is 0.131. The number of nitrogens with zero attached hydrogens (tertiary/aromatic N) is 1. The molecule has 1 rings (SSSR count). The second-order valence-electron chi connectivity index (χ2n) is 5.41. The normalized spacial score (nSPS) is 19.3. The number of rotatable bonds is 7. The maximum atomic E-state index is 12.4. The van der Waals surface area contributed by atoms with Gasteiger partial charge in [0.05, 0.1) is 5.57 Å². The number of carbonyl (C=O) groups excluding carboxylic acids is 4. The quantitative estimate of drug-likeness (QED) is 0.431. The average molecular weight is 371 g/mol. The molecule has 11 heteroatoms. The van der Waals surface area contributed by atoms with E-state index in [-0.39, 0.29) is 5.57 Å². The fourth-order valence-corrected chi connectivity index (χ4v) is 2.68. The summed E-state index contributed by atoms with van der Waals surface area (Å²) >= 11 is 0. The van der Waals surface area contributed by atoms with Gasteiger partial charge < -0.3 is 19.1 Å². The predicted molar refractivity (Wildman–Crippen MR) is 85.6 cm³/mol. The van der Waals surface area contributed by atoms with Crippen LogP contribution in [-0.2, 0) is 38.3 Å². The van der Waals surface area contributed by atoms with Crippen molar-refractivity contribution in [2.45, 2.75) is 27.2 Å². The van der Waals surface area contributed by atoms with E-state index in [1.807, 2.05) is 0 Å². The molecule has 0 aromatic carbocycles. The Hall–Kier alpha value is -2.79. The fraction of sp³-hybridized carbons (Fsp3) is 0.533. The molecule has 2 atom stereocenters. The van der Waals surface area contributed by atoms with Crippen LogP contribution < -0.4 is 11.8 Å². The first kappa shape index (κ1) is 21.3. The summed E-state index contributed by atoms with van der Waals surface area (Å²) in [4.78, 5) is 58.8. The molecule has 0 aromatic rings. The Bertz CT molecular complexity index is 655. The fourth-order valence-electron chi connectivity index (χ4n) is 2.68. The smallest absolute Gasteiger partial charge is 0.362 e. The molecule has 0 fully saturated rings. The van der Waals surface area contributed by atoms with E-state index in [9.17, 15) is 19.2 Å². The molecular formula is C15H21N3O8. The Morgan fingerprint density at radius 2 is 1.54 bits per heavy atom. The van der Waals surface area contributed by atoms with Gasteiger partial charge in [-0.1, -0.05) is 6.92 Å². The van der Waals surface area contributed by atoms with E-state index in [0.717, 1.165) is 0 Å². The lowest BCUT2D eigenvalue weighted by atomic mass is 9.78. The average Bonchev–Trinajstić information content (AvgIpc) is 2.62. The molecule has 0 aromatic heterocycles. The van der Waals surface area contributed by atoms with E-state index in [1.54, 1.807) is 20.8 Å². The van der Waals surface area contributed by atoms with E-state index < -0.39 is 48.9 Å². The highest BCUT2D eigenvalue weighted by Crippen LogP contribution is 2.34. The molecule has 0 saturated carbocycles. The number of carbonyl (C=O) groups is 4. The highest BCUT2D eigenvalue weighted by Gasteiger charge is 2.40. The molecule has 0 aliphatic carbocycles. The van der Waals surface area contributed by atoms with Crippen molar-refractivity contribution in [3.05, 3.63) is 11.3 Å². The number of esters is 2. The largest absolute Gasteiger partial charge is 0.453 e. The van der Waals surface area contributed by atoms with Crippen molar-refractivity contribution >= 4 is 29.6 Å². The van der Waals surface area contributed by atoms with E-state index >= 15 is 0 Å². The Labute approximate surface area is 149 Å². The van der Waals surface area contributed by atoms with Crippen molar-refractivity contribution < 1.29 is 38.3 Å². The first-order valence-corrected chi connectivity index (χ1v) is 7.65. The molecule has 2 unspecified atom stereocenters. The number of hydrogen-bond acceptors (Lipinski definition) is 11. The van der Waals surface area contributed by atoms with Gasteiger partial charge in [0.25, 0.3) is 0 Å². The van der Waals surface area contributed by atoms with Crippen LogP contribution in [-0.4, -0.2) is 42.8 Å². The Kier molecular flexibility index (Phi) is 7.87. The van der Waals surface area contributed by atoms with Crippen molar-refractivity contribution in [3.63, 3.8) is 0 Å². The van der Waals surface area contributed by atoms with Crippen LogP contribution >= 0.6 is 0 Å². The third-order valence-corrected chi connectivity index (χ3v) is 3.79. The summed E-state index contributed by atoms with van der Waals surface area (Å²) in [7, 11) is 0. The Morgan fingerprint density at radius 1 is 1.00 bits per heavy atom. The number of nitrogens with two attached hydrogens (primary N) is 2. The van der Waals surface area contributed by atoms with Gasteiger partial charge in [-0.3, -0.25) is 9.79 Å². The zero-order chi connectivity index (χ0) is 19.9. The van der Waals surface area contributed by atoms with Crippen LogP contribution in [0.5, 0.6) is 0 Å². The van der Waals surface area contributed by atoms with Crippen molar-refractivity contribution in [2.75, 3.05) is 13.2 Å². The Morgan fingerprint density at radius 3 is 2.04 bits per heavy atom. The molecule has 0 amide bonds. The third-order valence-electron chi connectivity index (χ3n) is 3.79. The molecule has 0 saturated heterocycles. The summed E-state index contributed by atoms with van der Waals surface area (Å²) < 4.78 is 9.73. The second kappa shape index (κ2) is 9.63. The minimum Gasteiger partial charge on any atom is -0.453 e. The van der Waals surface area contributed by atoms with Crippen LogP contribution in [0, 0.1) is 11.8 Å². The molecular weight excluding hydrogens is 350 g/mol. The minimum atomic E-state index is -0.934. The SMILES string of the molecule is CCC1C(C(=O)OCC(=O)ON)=C(C)N=C(C)C1C(=O)OCC(=O)ON. The molecule has 1 aliphatic rings. The van der Waals surface area contributed by atoms with Gasteiger partial charge in [-0.2, -0.15) is 11.8 Å². The van der Waals surface area contributed by atoms with Crippen LogP contribution in [0.15, 0.2) is 16.3 Å². The summed E-state index contributed by atoms with van der Waals surface area (Å²) in [6, 6.07) is 0. The first-order valence-electron chi connectivity index (χ1n) is 7.65. The van der Waals surface area contributed by atoms with E-state index in [2.05, 4.69) is 26.5 Å². The molecule has 144 valence electrons. The molecule has 1 aliphatic heterocycles. The molecule has 1 heterocycles.